The zero-order chi connectivity index (χ0) is 17.4. The van der Waals surface area contributed by atoms with E-state index in [1.807, 2.05) is 0 Å². The quantitative estimate of drug-likeness (QED) is 0.672. The fourth-order valence-corrected chi connectivity index (χ4v) is 3.53. The molecule has 0 spiro atoms. The molecular weight excluding hydrogens is 461 g/mol. The number of anilines is 1. The molecule has 0 bridgehead atoms. The summed E-state index contributed by atoms with van der Waals surface area (Å²) < 4.78 is 6.57. The number of nitrogens with one attached hydrogen (secondary N) is 1. The van der Waals surface area contributed by atoms with E-state index in [2.05, 4.69) is 37.2 Å². The zero-order valence-corrected chi connectivity index (χ0v) is 16.3. The normalized spacial score (nSPS) is 13.8. The molecule has 1 aliphatic rings. The molecule has 4 nitrogen and oxygen atoms in total. The summed E-state index contributed by atoms with van der Waals surface area (Å²) in [6, 6.07) is 10.1. The first-order valence-electron chi connectivity index (χ1n) is 6.82. The van der Waals surface area contributed by atoms with Crippen LogP contribution < -0.4 is 10.1 Å². The Morgan fingerprint density at radius 3 is 2.25 bits per heavy atom. The third-order valence-corrected chi connectivity index (χ3v) is 5.20. The van der Waals surface area contributed by atoms with Gasteiger partial charge in [0.25, 0.3) is 0 Å². The van der Waals surface area contributed by atoms with Gasteiger partial charge < -0.3 is 10.1 Å². The number of benzene rings is 2. The van der Waals surface area contributed by atoms with Gasteiger partial charge in [0.05, 0.1) is 17.3 Å². The molecule has 0 fully saturated rings. The molecule has 0 unspecified atom stereocenters. The Morgan fingerprint density at radius 2 is 1.62 bits per heavy atom. The van der Waals surface area contributed by atoms with Crippen LogP contribution in [0, 0.1) is 0 Å². The SMILES string of the molecule is COc1cc(Br)c(NC2=C(Cl)C(=O)c3ccccc3C2=O)cc1Br. The van der Waals surface area contributed by atoms with Crippen molar-refractivity contribution in [2.45, 2.75) is 0 Å². The maximum Gasteiger partial charge on any atom is 0.211 e. The van der Waals surface area contributed by atoms with Gasteiger partial charge in [0.1, 0.15) is 16.5 Å². The summed E-state index contributed by atoms with van der Waals surface area (Å²) in [5.41, 5.74) is 1.28. The predicted octanol–water partition coefficient (Wildman–Crippen LogP) is 5.16. The summed E-state index contributed by atoms with van der Waals surface area (Å²) >= 11 is 12.9. The molecule has 0 radical (unpaired) electrons. The van der Waals surface area contributed by atoms with Crippen LogP contribution in [0.4, 0.5) is 5.69 Å². The number of ether oxygens (including phenoxy) is 1. The molecule has 0 aromatic heterocycles. The second-order valence-corrected chi connectivity index (χ2v) is 7.07. The first kappa shape index (κ1) is 17.2. The molecule has 0 atom stereocenters. The minimum atomic E-state index is -0.377. The number of halogens is 3. The standard InChI is InChI=1S/C17H10Br2ClNO3/c1-24-13-7-10(18)12(6-11(13)19)21-15-14(20)16(22)8-4-2-3-5-9(8)17(15)23/h2-7,21H,1H3. The highest BCUT2D eigenvalue weighted by molar-refractivity contribution is 9.11. The van der Waals surface area contributed by atoms with E-state index in [-0.39, 0.29) is 22.3 Å². The van der Waals surface area contributed by atoms with E-state index < -0.39 is 0 Å². The lowest BCUT2D eigenvalue weighted by atomic mass is 9.92. The maximum atomic E-state index is 12.7. The van der Waals surface area contributed by atoms with Crippen molar-refractivity contribution in [3.05, 3.63) is 67.2 Å². The summed E-state index contributed by atoms with van der Waals surface area (Å²) in [6.45, 7) is 0. The number of methoxy groups -OCH3 is 1. The highest BCUT2D eigenvalue weighted by Gasteiger charge is 2.31. The number of hydrogen-bond acceptors (Lipinski definition) is 4. The van der Waals surface area contributed by atoms with E-state index in [0.29, 0.717) is 31.5 Å². The lowest BCUT2D eigenvalue weighted by molar-refractivity contribution is 0.0982. The molecule has 0 heterocycles. The topological polar surface area (TPSA) is 55.4 Å². The van der Waals surface area contributed by atoms with E-state index in [9.17, 15) is 9.59 Å². The molecule has 24 heavy (non-hydrogen) atoms. The third kappa shape index (κ3) is 2.90. The Balaban J connectivity index is 2.05. The van der Waals surface area contributed by atoms with Crippen LogP contribution in [0.5, 0.6) is 5.75 Å². The summed E-state index contributed by atoms with van der Waals surface area (Å²) in [7, 11) is 1.55. The molecule has 1 aliphatic carbocycles. The molecular formula is C17H10Br2ClNO3. The van der Waals surface area contributed by atoms with Crippen molar-refractivity contribution in [2.24, 2.45) is 0 Å². The number of fused-ring (bicyclic) bond motifs is 1. The first-order chi connectivity index (χ1) is 11.4. The molecule has 2 aromatic carbocycles. The van der Waals surface area contributed by atoms with E-state index in [1.165, 1.54) is 0 Å². The van der Waals surface area contributed by atoms with Crippen molar-refractivity contribution in [3.63, 3.8) is 0 Å². The van der Waals surface area contributed by atoms with E-state index in [1.54, 1.807) is 43.5 Å². The maximum absolute atomic E-state index is 12.7. The summed E-state index contributed by atoms with van der Waals surface area (Å²) in [5.74, 6) is -0.0731. The van der Waals surface area contributed by atoms with Crippen LogP contribution >= 0.6 is 43.5 Å². The molecule has 7 heteroatoms. The van der Waals surface area contributed by atoms with Crippen molar-refractivity contribution in [2.75, 3.05) is 12.4 Å². The Hall–Kier alpha value is -1.63. The largest absolute Gasteiger partial charge is 0.496 e. The van der Waals surface area contributed by atoms with Crippen LogP contribution in [0.1, 0.15) is 20.7 Å². The first-order valence-corrected chi connectivity index (χ1v) is 8.78. The van der Waals surface area contributed by atoms with Crippen LogP contribution in [-0.2, 0) is 0 Å². The number of carbonyl (C=O) groups is 2. The second-order valence-electron chi connectivity index (χ2n) is 4.98. The highest BCUT2D eigenvalue weighted by atomic mass is 79.9. The number of Topliss-reactive ketones (excluding diaryl/α,β-unsaturated/α-hetero) is 2. The van der Waals surface area contributed by atoms with E-state index in [0.717, 1.165) is 0 Å². The molecule has 0 saturated heterocycles. The Labute approximate surface area is 160 Å². The van der Waals surface area contributed by atoms with Gasteiger partial charge in [0, 0.05) is 15.6 Å². The minimum absolute atomic E-state index is 0.0538. The molecule has 0 saturated carbocycles. The van der Waals surface area contributed by atoms with Crippen LogP contribution in [-0.4, -0.2) is 18.7 Å². The van der Waals surface area contributed by atoms with Crippen LogP contribution in [0.2, 0.25) is 0 Å². The van der Waals surface area contributed by atoms with Gasteiger partial charge >= 0.3 is 0 Å². The van der Waals surface area contributed by atoms with Gasteiger partial charge in [-0.3, -0.25) is 9.59 Å². The van der Waals surface area contributed by atoms with Gasteiger partial charge in [0.2, 0.25) is 11.6 Å². The fourth-order valence-electron chi connectivity index (χ4n) is 2.37. The van der Waals surface area contributed by atoms with Crippen LogP contribution in [0.15, 0.2) is 56.1 Å². The second kappa shape index (κ2) is 6.70. The summed E-state index contributed by atoms with van der Waals surface area (Å²) in [6.07, 6.45) is 0. The number of rotatable bonds is 3. The lowest BCUT2D eigenvalue weighted by Crippen LogP contribution is -2.24. The summed E-state index contributed by atoms with van der Waals surface area (Å²) in [4.78, 5) is 25.1. The van der Waals surface area contributed by atoms with Crippen molar-refractivity contribution in [1.29, 1.82) is 0 Å². The van der Waals surface area contributed by atoms with Crippen molar-refractivity contribution >= 4 is 60.7 Å². The van der Waals surface area contributed by atoms with Gasteiger partial charge in [-0.05, 0) is 44.0 Å². The van der Waals surface area contributed by atoms with Crippen LogP contribution in [0.25, 0.3) is 0 Å². The lowest BCUT2D eigenvalue weighted by Gasteiger charge is -2.20. The average Bonchev–Trinajstić information content (AvgIpc) is 2.59. The molecule has 0 aliphatic heterocycles. The van der Waals surface area contributed by atoms with Crippen molar-refractivity contribution < 1.29 is 14.3 Å². The monoisotopic (exact) mass is 469 g/mol. The van der Waals surface area contributed by atoms with E-state index in [4.69, 9.17) is 16.3 Å². The van der Waals surface area contributed by atoms with Crippen molar-refractivity contribution in [3.8, 4) is 5.75 Å². The minimum Gasteiger partial charge on any atom is -0.496 e. The molecule has 3 rings (SSSR count). The summed E-state index contributed by atoms with van der Waals surface area (Å²) in [5, 5.41) is 2.83. The third-order valence-electron chi connectivity index (χ3n) is 3.56. The van der Waals surface area contributed by atoms with Gasteiger partial charge in [-0.1, -0.05) is 35.9 Å². The van der Waals surface area contributed by atoms with Crippen molar-refractivity contribution in [1.82, 2.24) is 0 Å². The molecule has 2 aromatic rings. The fraction of sp³-hybridized carbons (Fsp3) is 0.0588. The Morgan fingerprint density at radius 1 is 1.00 bits per heavy atom. The average molecular weight is 472 g/mol. The molecule has 0 amide bonds. The van der Waals surface area contributed by atoms with Gasteiger partial charge in [-0.15, -0.1) is 0 Å². The Kier molecular flexibility index (Phi) is 4.80. The van der Waals surface area contributed by atoms with Gasteiger partial charge in [-0.2, -0.15) is 0 Å². The predicted molar refractivity (Wildman–Crippen MR) is 100.0 cm³/mol. The number of ketones is 2. The zero-order valence-electron chi connectivity index (χ0n) is 12.3. The van der Waals surface area contributed by atoms with E-state index >= 15 is 0 Å². The highest BCUT2D eigenvalue weighted by Crippen LogP contribution is 2.37. The molecule has 122 valence electrons. The number of carbonyl (C=O) groups excluding carboxylic acids is 2. The number of allylic oxidation sites excluding steroid dienone is 2. The van der Waals surface area contributed by atoms with Gasteiger partial charge in [0.15, 0.2) is 0 Å². The van der Waals surface area contributed by atoms with Gasteiger partial charge in [-0.25, -0.2) is 0 Å². The van der Waals surface area contributed by atoms with Crippen LogP contribution in [0.3, 0.4) is 0 Å². The number of hydrogen-bond donors (Lipinski definition) is 1. The molecule has 1 N–H and O–H groups in total. The Bertz CT molecular complexity index is 909. The smallest absolute Gasteiger partial charge is 0.211 e.